The molecule has 0 fully saturated rings. The summed E-state index contributed by atoms with van der Waals surface area (Å²) < 4.78 is 4.33. The monoisotopic (exact) mass is 257 g/mol. The molecule has 0 atom stereocenters. The third-order valence-corrected chi connectivity index (χ3v) is 2.16. The van der Waals surface area contributed by atoms with E-state index in [0.29, 0.717) is 11.0 Å². The first-order valence-electron chi connectivity index (χ1n) is 3.83. The molecule has 0 amide bonds. The molecule has 5 heteroatoms. The van der Waals surface area contributed by atoms with Crippen LogP contribution in [-0.2, 0) is 14.9 Å². The van der Waals surface area contributed by atoms with Gasteiger partial charge in [0, 0.05) is 11.5 Å². The van der Waals surface area contributed by atoms with Crippen LogP contribution in [0.15, 0.2) is 18.3 Å². The van der Waals surface area contributed by atoms with Crippen LogP contribution in [0.4, 0.5) is 0 Å². The highest BCUT2D eigenvalue weighted by Crippen LogP contribution is 2.10. The highest BCUT2D eigenvalue weighted by atomic mass is 79.9. The van der Waals surface area contributed by atoms with Gasteiger partial charge in [-0.2, -0.15) is 0 Å². The summed E-state index contributed by atoms with van der Waals surface area (Å²) in [4.78, 5) is 26.3. The number of halogens is 1. The molecule has 1 aromatic heterocycles. The maximum atomic E-state index is 11.4. The van der Waals surface area contributed by atoms with Gasteiger partial charge in [0.25, 0.3) is 5.78 Å². The molecule has 1 heterocycles. The quantitative estimate of drug-likeness (QED) is 0.355. The Hall–Kier alpha value is -1.23. The Labute approximate surface area is 89.4 Å². The fourth-order valence-corrected chi connectivity index (χ4v) is 1.40. The van der Waals surface area contributed by atoms with Gasteiger partial charge in [-0.3, -0.25) is 9.78 Å². The predicted molar refractivity (Wildman–Crippen MR) is 53.2 cm³/mol. The second-order valence-corrected chi connectivity index (χ2v) is 3.01. The number of aromatic nitrogens is 1. The zero-order valence-corrected chi connectivity index (χ0v) is 9.08. The summed E-state index contributed by atoms with van der Waals surface area (Å²) in [6.07, 6.45) is 1.56. The summed E-state index contributed by atoms with van der Waals surface area (Å²) in [6, 6.07) is 3.14. The van der Waals surface area contributed by atoms with Gasteiger partial charge in [0.1, 0.15) is 0 Å². The van der Waals surface area contributed by atoms with E-state index in [1.807, 2.05) is 0 Å². The molecule has 0 unspecified atom stereocenters. The molecule has 0 saturated carbocycles. The normalized spacial score (nSPS) is 9.57. The lowest BCUT2D eigenvalue weighted by Gasteiger charge is -2.02. The minimum atomic E-state index is -0.875. The summed E-state index contributed by atoms with van der Waals surface area (Å²) in [5.74, 6) is -1.55. The highest BCUT2D eigenvalue weighted by Gasteiger charge is 2.19. The van der Waals surface area contributed by atoms with Gasteiger partial charge in [0.2, 0.25) is 0 Å². The Balaban J connectivity index is 3.06. The number of esters is 1. The van der Waals surface area contributed by atoms with Gasteiger partial charge in [-0.1, -0.05) is 15.9 Å². The van der Waals surface area contributed by atoms with E-state index in [1.165, 1.54) is 7.11 Å². The van der Waals surface area contributed by atoms with Crippen LogP contribution in [0.5, 0.6) is 0 Å². The average Bonchev–Trinajstić information content (AvgIpc) is 2.26. The molecule has 0 aromatic carbocycles. The fourth-order valence-electron chi connectivity index (χ4n) is 0.954. The van der Waals surface area contributed by atoms with Crippen LogP contribution in [0, 0.1) is 0 Å². The van der Waals surface area contributed by atoms with Crippen molar-refractivity contribution in [3.05, 3.63) is 29.6 Å². The number of carbonyl (C=O) groups excluding carboxylic acids is 2. The van der Waals surface area contributed by atoms with Crippen molar-refractivity contribution in [1.82, 2.24) is 4.98 Å². The molecule has 0 radical (unpaired) electrons. The van der Waals surface area contributed by atoms with Gasteiger partial charge in [-0.05, 0) is 12.1 Å². The maximum absolute atomic E-state index is 11.4. The van der Waals surface area contributed by atoms with Gasteiger partial charge in [0.05, 0.1) is 18.4 Å². The Bertz CT molecular complexity index is 365. The fraction of sp³-hybridized carbons (Fsp3) is 0.222. The van der Waals surface area contributed by atoms with Crippen molar-refractivity contribution >= 4 is 27.7 Å². The summed E-state index contributed by atoms with van der Waals surface area (Å²) in [5.41, 5.74) is 0.805. The number of nitrogens with zero attached hydrogens (tertiary/aromatic N) is 1. The summed E-state index contributed by atoms with van der Waals surface area (Å²) >= 11 is 3.18. The first kappa shape index (κ1) is 10.8. The molecule has 0 N–H and O–H groups in total. The molecule has 1 rings (SSSR count). The summed E-state index contributed by atoms with van der Waals surface area (Å²) in [7, 11) is 1.17. The summed E-state index contributed by atoms with van der Waals surface area (Å²) in [5, 5.41) is 0.423. The van der Waals surface area contributed by atoms with E-state index in [9.17, 15) is 9.59 Å². The molecule has 0 spiro atoms. The second kappa shape index (κ2) is 4.85. The Morgan fingerprint density at radius 3 is 2.86 bits per heavy atom. The molecule has 0 saturated heterocycles. The number of carbonyl (C=O) groups is 2. The number of hydrogen-bond acceptors (Lipinski definition) is 4. The van der Waals surface area contributed by atoms with Crippen LogP contribution in [0.2, 0.25) is 0 Å². The number of ether oxygens (including phenoxy) is 1. The minimum absolute atomic E-state index is 0.274. The van der Waals surface area contributed by atoms with Crippen LogP contribution in [0.25, 0.3) is 0 Å². The molecule has 1 aromatic rings. The second-order valence-electron chi connectivity index (χ2n) is 2.45. The van der Waals surface area contributed by atoms with Gasteiger partial charge in [-0.15, -0.1) is 0 Å². The zero-order chi connectivity index (χ0) is 10.6. The standard InChI is InChI=1S/C9H8BrNO3/c1-14-9(13)8(12)6-3-2-4-11-7(6)5-10/h2-4H,5H2,1H3. The Morgan fingerprint density at radius 1 is 1.57 bits per heavy atom. The van der Waals surface area contributed by atoms with E-state index >= 15 is 0 Å². The molecule has 0 aliphatic carbocycles. The third kappa shape index (κ3) is 2.17. The topological polar surface area (TPSA) is 56.3 Å². The van der Waals surface area contributed by atoms with Crippen molar-refractivity contribution in [2.75, 3.05) is 7.11 Å². The molecule has 14 heavy (non-hydrogen) atoms. The first-order valence-corrected chi connectivity index (χ1v) is 4.95. The van der Waals surface area contributed by atoms with Gasteiger partial charge in [0.15, 0.2) is 0 Å². The van der Waals surface area contributed by atoms with E-state index < -0.39 is 11.8 Å². The largest absolute Gasteiger partial charge is 0.463 e. The van der Waals surface area contributed by atoms with Crippen LogP contribution < -0.4 is 0 Å². The third-order valence-electron chi connectivity index (χ3n) is 1.63. The lowest BCUT2D eigenvalue weighted by atomic mass is 10.1. The van der Waals surface area contributed by atoms with Crippen molar-refractivity contribution in [3.8, 4) is 0 Å². The molecule has 0 aliphatic heterocycles. The molecular weight excluding hydrogens is 250 g/mol. The number of rotatable bonds is 3. The minimum Gasteiger partial charge on any atom is -0.463 e. The van der Waals surface area contributed by atoms with Crippen LogP contribution >= 0.6 is 15.9 Å². The lowest BCUT2D eigenvalue weighted by Crippen LogP contribution is -2.17. The van der Waals surface area contributed by atoms with Gasteiger partial charge in [-0.25, -0.2) is 4.79 Å². The van der Waals surface area contributed by atoms with Crippen molar-refractivity contribution in [1.29, 1.82) is 0 Å². The molecule has 74 valence electrons. The first-order chi connectivity index (χ1) is 6.70. The number of ketones is 1. The van der Waals surface area contributed by atoms with Crippen LogP contribution in [0.3, 0.4) is 0 Å². The number of alkyl halides is 1. The van der Waals surface area contributed by atoms with Crippen molar-refractivity contribution in [2.24, 2.45) is 0 Å². The van der Waals surface area contributed by atoms with E-state index in [1.54, 1.807) is 18.3 Å². The SMILES string of the molecule is COC(=O)C(=O)c1cccnc1CBr. The number of pyridine rings is 1. The average molecular weight is 258 g/mol. The summed E-state index contributed by atoms with van der Waals surface area (Å²) in [6.45, 7) is 0. The van der Waals surface area contributed by atoms with Crippen molar-refractivity contribution < 1.29 is 14.3 Å². The number of hydrogen-bond donors (Lipinski definition) is 0. The Kier molecular flexibility index (Phi) is 3.76. The van der Waals surface area contributed by atoms with E-state index in [4.69, 9.17) is 0 Å². The molecule has 0 bridgehead atoms. The lowest BCUT2D eigenvalue weighted by molar-refractivity contribution is -0.135. The van der Waals surface area contributed by atoms with Crippen LogP contribution in [0.1, 0.15) is 16.1 Å². The zero-order valence-electron chi connectivity index (χ0n) is 7.49. The van der Waals surface area contributed by atoms with Crippen molar-refractivity contribution in [2.45, 2.75) is 5.33 Å². The smallest absolute Gasteiger partial charge is 0.379 e. The Morgan fingerprint density at radius 2 is 2.29 bits per heavy atom. The van der Waals surface area contributed by atoms with Gasteiger partial charge < -0.3 is 4.74 Å². The van der Waals surface area contributed by atoms with Gasteiger partial charge >= 0.3 is 5.97 Å². The highest BCUT2D eigenvalue weighted by molar-refractivity contribution is 9.08. The van der Waals surface area contributed by atoms with E-state index in [-0.39, 0.29) is 5.56 Å². The molecule has 0 aliphatic rings. The van der Waals surface area contributed by atoms with E-state index in [0.717, 1.165) is 0 Å². The molecular formula is C9H8BrNO3. The maximum Gasteiger partial charge on any atom is 0.379 e. The number of Topliss-reactive ketones (excluding diaryl/α,β-unsaturated/α-hetero) is 1. The van der Waals surface area contributed by atoms with Crippen molar-refractivity contribution in [3.63, 3.8) is 0 Å². The van der Waals surface area contributed by atoms with E-state index in [2.05, 4.69) is 25.7 Å². The molecule has 4 nitrogen and oxygen atoms in total. The predicted octanol–water partition coefficient (Wildman–Crippen LogP) is 1.33. The number of methoxy groups -OCH3 is 1. The van der Waals surface area contributed by atoms with Crippen LogP contribution in [-0.4, -0.2) is 23.8 Å².